The van der Waals surface area contributed by atoms with Crippen LogP contribution in [0.25, 0.3) is 0 Å². The average molecular weight is 288 g/mol. The summed E-state index contributed by atoms with van der Waals surface area (Å²) in [6, 6.07) is 5.86. The number of benzene rings is 1. The first kappa shape index (κ1) is 15.5. The van der Waals surface area contributed by atoms with Crippen molar-refractivity contribution in [3.05, 3.63) is 29.3 Å². The summed E-state index contributed by atoms with van der Waals surface area (Å²) in [5, 5.41) is 5.83. The van der Waals surface area contributed by atoms with Crippen molar-refractivity contribution >= 4 is 17.5 Å². The van der Waals surface area contributed by atoms with Crippen molar-refractivity contribution in [1.82, 2.24) is 5.32 Å². The zero-order valence-electron chi connectivity index (χ0n) is 13.5. The van der Waals surface area contributed by atoms with E-state index in [1.165, 1.54) is 0 Å². The summed E-state index contributed by atoms with van der Waals surface area (Å²) in [6.45, 7) is 10.4. The van der Waals surface area contributed by atoms with Crippen molar-refractivity contribution in [2.24, 2.45) is 5.41 Å². The SMILES string of the molecule is CC(C)(C)CC(=O)NCc1ccc2c(c1)C(C)(C)C(=O)N2. The molecule has 4 heteroatoms. The van der Waals surface area contributed by atoms with Crippen LogP contribution >= 0.6 is 0 Å². The van der Waals surface area contributed by atoms with Crippen LogP contribution < -0.4 is 10.6 Å². The fraction of sp³-hybridized carbons (Fsp3) is 0.529. The fourth-order valence-electron chi connectivity index (χ4n) is 2.47. The lowest BCUT2D eigenvalue weighted by Gasteiger charge is -2.18. The largest absolute Gasteiger partial charge is 0.352 e. The van der Waals surface area contributed by atoms with Crippen LogP contribution in [0.2, 0.25) is 0 Å². The molecular formula is C17H24N2O2. The molecule has 0 aliphatic carbocycles. The molecule has 0 spiro atoms. The molecule has 1 aromatic carbocycles. The van der Waals surface area contributed by atoms with E-state index in [1.807, 2.05) is 52.8 Å². The van der Waals surface area contributed by atoms with E-state index in [4.69, 9.17) is 0 Å². The van der Waals surface area contributed by atoms with Gasteiger partial charge < -0.3 is 10.6 Å². The van der Waals surface area contributed by atoms with Gasteiger partial charge in [-0.25, -0.2) is 0 Å². The van der Waals surface area contributed by atoms with Gasteiger partial charge in [-0.3, -0.25) is 9.59 Å². The number of hydrogen-bond acceptors (Lipinski definition) is 2. The quantitative estimate of drug-likeness (QED) is 0.898. The zero-order chi connectivity index (χ0) is 15.8. The predicted octanol–water partition coefficient (Wildman–Crippen LogP) is 2.97. The number of anilines is 1. The zero-order valence-corrected chi connectivity index (χ0v) is 13.5. The molecule has 0 bridgehead atoms. The fourth-order valence-corrected chi connectivity index (χ4v) is 2.47. The normalized spacial score (nSPS) is 16.3. The summed E-state index contributed by atoms with van der Waals surface area (Å²) in [5.74, 6) is 0.0721. The monoisotopic (exact) mass is 288 g/mol. The second kappa shape index (κ2) is 5.17. The first-order chi connectivity index (χ1) is 9.59. The van der Waals surface area contributed by atoms with Gasteiger partial charge in [0.2, 0.25) is 11.8 Å². The molecule has 1 aliphatic heterocycles. The minimum Gasteiger partial charge on any atom is -0.352 e. The van der Waals surface area contributed by atoms with E-state index in [-0.39, 0.29) is 17.2 Å². The Bertz CT molecular complexity index is 583. The molecule has 0 radical (unpaired) electrons. The van der Waals surface area contributed by atoms with E-state index in [0.717, 1.165) is 16.8 Å². The Labute approximate surface area is 126 Å². The highest BCUT2D eigenvalue weighted by Crippen LogP contribution is 2.37. The standard InChI is InChI=1S/C17H24N2O2/c1-16(2,3)9-14(20)18-10-11-6-7-13-12(8-11)17(4,5)15(21)19-13/h6-8H,9-10H2,1-5H3,(H,18,20)(H,19,21). The van der Waals surface area contributed by atoms with Gasteiger partial charge in [0.25, 0.3) is 0 Å². The van der Waals surface area contributed by atoms with E-state index in [1.54, 1.807) is 0 Å². The maximum absolute atomic E-state index is 11.9. The maximum Gasteiger partial charge on any atom is 0.234 e. The van der Waals surface area contributed by atoms with Crippen LogP contribution in [0.15, 0.2) is 18.2 Å². The lowest BCUT2D eigenvalue weighted by Crippen LogP contribution is -2.28. The second-order valence-corrected chi connectivity index (χ2v) is 7.47. The molecule has 2 amide bonds. The first-order valence-corrected chi connectivity index (χ1v) is 7.31. The molecule has 4 nitrogen and oxygen atoms in total. The third-order valence-corrected chi connectivity index (χ3v) is 3.75. The number of nitrogens with one attached hydrogen (secondary N) is 2. The molecule has 2 rings (SSSR count). The van der Waals surface area contributed by atoms with Gasteiger partial charge in [-0.05, 0) is 36.5 Å². The van der Waals surface area contributed by atoms with E-state index >= 15 is 0 Å². The van der Waals surface area contributed by atoms with Gasteiger partial charge in [0.1, 0.15) is 0 Å². The number of carbonyl (C=O) groups is 2. The minimum absolute atomic E-state index is 0.0135. The summed E-state index contributed by atoms with van der Waals surface area (Å²) >= 11 is 0. The number of fused-ring (bicyclic) bond motifs is 1. The van der Waals surface area contributed by atoms with Crippen molar-refractivity contribution in [1.29, 1.82) is 0 Å². The summed E-state index contributed by atoms with van der Waals surface area (Å²) in [7, 11) is 0. The Morgan fingerprint density at radius 2 is 1.95 bits per heavy atom. The molecule has 114 valence electrons. The van der Waals surface area contributed by atoms with E-state index in [2.05, 4.69) is 10.6 Å². The lowest BCUT2D eigenvalue weighted by atomic mass is 9.85. The molecule has 21 heavy (non-hydrogen) atoms. The third kappa shape index (κ3) is 3.43. The molecular weight excluding hydrogens is 264 g/mol. The Balaban J connectivity index is 2.06. The van der Waals surface area contributed by atoms with Crippen molar-refractivity contribution in [3.8, 4) is 0 Å². The molecule has 0 saturated carbocycles. The van der Waals surface area contributed by atoms with Crippen LogP contribution in [0.4, 0.5) is 5.69 Å². The molecule has 0 fully saturated rings. The maximum atomic E-state index is 11.9. The molecule has 0 saturated heterocycles. The van der Waals surface area contributed by atoms with Gasteiger partial charge in [-0.15, -0.1) is 0 Å². The molecule has 2 N–H and O–H groups in total. The Hall–Kier alpha value is -1.84. The lowest BCUT2D eigenvalue weighted by molar-refractivity contribution is -0.123. The van der Waals surface area contributed by atoms with Gasteiger partial charge in [0, 0.05) is 18.7 Å². The highest BCUT2D eigenvalue weighted by atomic mass is 16.2. The van der Waals surface area contributed by atoms with Gasteiger partial charge in [0.05, 0.1) is 5.41 Å². The predicted molar refractivity (Wildman–Crippen MR) is 84.0 cm³/mol. The van der Waals surface area contributed by atoms with E-state index < -0.39 is 5.41 Å². The minimum atomic E-state index is -0.513. The van der Waals surface area contributed by atoms with Crippen LogP contribution in [0.5, 0.6) is 0 Å². The number of amides is 2. The Morgan fingerprint density at radius 1 is 1.29 bits per heavy atom. The van der Waals surface area contributed by atoms with Crippen LogP contribution in [-0.4, -0.2) is 11.8 Å². The molecule has 0 aromatic heterocycles. The van der Waals surface area contributed by atoms with Gasteiger partial charge in [0.15, 0.2) is 0 Å². The van der Waals surface area contributed by atoms with Gasteiger partial charge in [-0.2, -0.15) is 0 Å². The second-order valence-electron chi connectivity index (χ2n) is 7.47. The highest BCUT2D eigenvalue weighted by molar-refractivity contribution is 6.05. The molecule has 0 unspecified atom stereocenters. The van der Waals surface area contributed by atoms with Gasteiger partial charge in [-0.1, -0.05) is 32.9 Å². The van der Waals surface area contributed by atoms with Crippen LogP contribution in [0.1, 0.15) is 52.2 Å². The number of carbonyl (C=O) groups excluding carboxylic acids is 2. The van der Waals surface area contributed by atoms with Crippen molar-refractivity contribution < 1.29 is 9.59 Å². The van der Waals surface area contributed by atoms with Crippen molar-refractivity contribution in [2.45, 2.75) is 53.0 Å². The third-order valence-electron chi connectivity index (χ3n) is 3.75. The highest BCUT2D eigenvalue weighted by Gasteiger charge is 2.38. The Kier molecular flexibility index (Phi) is 3.83. The average Bonchev–Trinajstić information content (AvgIpc) is 2.56. The number of rotatable bonds is 3. The molecule has 1 aliphatic rings. The number of hydrogen-bond donors (Lipinski definition) is 2. The summed E-state index contributed by atoms with van der Waals surface area (Å²) in [6.07, 6.45) is 0.503. The first-order valence-electron chi connectivity index (χ1n) is 7.31. The smallest absolute Gasteiger partial charge is 0.234 e. The van der Waals surface area contributed by atoms with E-state index in [9.17, 15) is 9.59 Å². The molecule has 0 atom stereocenters. The van der Waals surface area contributed by atoms with Crippen LogP contribution in [-0.2, 0) is 21.5 Å². The van der Waals surface area contributed by atoms with E-state index in [0.29, 0.717) is 13.0 Å². The summed E-state index contributed by atoms with van der Waals surface area (Å²) in [5.41, 5.74) is 2.35. The van der Waals surface area contributed by atoms with Crippen LogP contribution in [0.3, 0.4) is 0 Å². The summed E-state index contributed by atoms with van der Waals surface area (Å²) in [4.78, 5) is 23.8. The Morgan fingerprint density at radius 3 is 2.57 bits per heavy atom. The van der Waals surface area contributed by atoms with Crippen molar-refractivity contribution in [2.75, 3.05) is 5.32 Å². The topological polar surface area (TPSA) is 58.2 Å². The van der Waals surface area contributed by atoms with Crippen molar-refractivity contribution in [3.63, 3.8) is 0 Å². The summed E-state index contributed by atoms with van der Waals surface area (Å²) < 4.78 is 0. The molecule has 1 aromatic rings. The van der Waals surface area contributed by atoms with Gasteiger partial charge >= 0.3 is 0 Å². The van der Waals surface area contributed by atoms with Crippen LogP contribution in [0, 0.1) is 5.41 Å². The molecule has 1 heterocycles.